The van der Waals surface area contributed by atoms with Gasteiger partial charge in [0, 0.05) is 0 Å². The van der Waals surface area contributed by atoms with Crippen LogP contribution in [-0.4, -0.2) is 65.3 Å². The molecule has 3 N–H and O–H groups in total. The highest BCUT2D eigenvalue weighted by atomic mass is 19.4. The first-order valence-corrected chi connectivity index (χ1v) is 5.67. The molecule has 0 spiro atoms. The Balaban J connectivity index is 2.07. The molecule has 2 fully saturated rings. The maximum absolute atomic E-state index is 12.1. The number of hydrogen-bond donors (Lipinski definition) is 3. The van der Waals surface area contributed by atoms with Crippen molar-refractivity contribution in [2.45, 2.75) is 36.6 Å². The Morgan fingerprint density at radius 1 is 1.50 bits per heavy atom. The predicted octanol–water partition coefficient (Wildman–Crippen LogP) is -1.53. The molecule has 2 aliphatic rings. The van der Waals surface area contributed by atoms with E-state index in [4.69, 9.17) is 14.6 Å². The third-order valence-corrected chi connectivity index (χ3v) is 3.12. The smallest absolute Gasteiger partial charge is 0.393 e. The van der Waals surface area contributed by atoms with Gasteiger partial charge in [-0.05, 0) is 0 Å². The summed E-state index contributed by atoms with van der Waals surface area (Å²) >= 11 is 0. The van der Waals surface area contributed by atoms with Crippen LogP contribution in [0.15, 0.2) is 0 Å². The lowest BCUT2D eigenvalue weighted by Crippen LogP contribution is -2.64. The van der Waals surface area contributed by atoms with Gasteiger partial charge in [0.15, 0.2) is 17.7 Å². The Bertz CT molecular complexity index is 428. The number of rotatable bonds is 3. The summed E-state index contributed by atoms with van der Waals surface area (Å²) < 4.78 is 46.2. The first kappa shape index (κ1) is 15.2. The average molecular weight is 299 g/mol. The Morgan fingerprint density at radius 2 is 2.15 bits per heavy atom. The highest BCUT2D eigenvalue weighted by Crippen LogP contribution is 2.34. The zero-order chi connectivity index (χ0) is 15.1. The number of nitrogens with one attached hydrogen (secondary N) is 1. The van der Waals surface area contributed by atoms with Crippen LogP contribution in [0.1, 0.15) is 6.42 Å². The number of aliphatic hydroxyl groups excluding tert-OH is 2. The summed E-state index contributed by atoms with van der Waals surface area (Å²) in [5.74, 6) is -2.35. The van der Waals surface area contributed by atoms with E-state index in [0.29, 0.717) is 0 Å². The molecule has 114 valence electrons. The van der Waals surface area contributed by atoms with Crippen LogP contribution >= 0.6 is 0 Å². The van der Waals surface area contributed by atoms with Gasteiger partial charge in [0.2, 0.25) is 5.91 Å². The topological polar surface area (TPSA) is 105 Å². The molecule has 2 saturated heterocycles. The standard InChI is InChI=1S/C10H12F3NO6/c11-10(12,13)1-4(16)14-5-6(17)7(18)9(2-15)3-19-8(5)20-9/h5-6,8,15,17H,1-3H2,(H,14,16)/t5-,6-,8+,9+/m1/s1. The molecule has 7 nitrogen and oxygen atoms in total. The third-order valence-electron chi connectivity index (χ3n) is 3.12. The molecular weight excluding hydrogens is 287 g/mol. The van der Waals surface area contributed by atoms with E-state index in [-0.39, 0.29) is 6.61 Å². The van der Waals surface area contributed by atoms with Crippen molar-refractivity contribution in [1.29, 1.82) is 0 Å². The van der Waals surface area contributed by atoms with E-state index < -0.39 is 54.9 Å². The minimum atomic E-state index is -4.71. The number of ketones is 1. The van der Waals surface area contributed by atoms with Crippen molar-refractivity contribution in [3.05, 3.63) is 0 Å². The number of ether oxygens (including phenoxy) is 2. The van der Waals surface area contributed by atoms with E-state index in [9.17, 15) is 27.9 Å². The zero-order valence-electron chi connectivity index (χ0n) is 10.0. The number of halogens is 3. The lowest BCUT2D eigenvalue weighted by Gasteiger charge is -2.36. The summed E-state index contributed by atoms with van der Waals surface area (Å²) in [6.45, 7) is -1.07. The second-order valence-electron chi connectivity index (χ2n) is 4.64. The van der Waals surface area contributed by atoms with E-state index in [0.717, 1.165) is 0 Å². The minimum absolute atomic E-state index is 0.338. The van der Waals surface area contributed by atoms with Crippen LogP contribution in [0.3, 0.4) is 0 Å². The van der Waals surface area contributed by atoms with Crippen molar-refractivity contribution in [1.82, 2.24) is 5.32 Å². The molecule has 0 aromatic heterocycles. The van der Waals surface area contributed by atoms with Crippen LogP contribution in [-0.2, 0) is 19.1 Å². The van der Waals surface area contributed by atoms with Crippen molar-refractivity contribution < 1.29 is 42.4 Å². The van der Waals surface area contributed by atoms with Crippen LogP contribution in [0.5, 0.6) is 0 Å². The third kappa shape index (κ3) is 2.64. The molecule has 0 unspecified atom stereocenters. The second-order valence-corrected chi connectivity index (χ2v) is 4.64. The van der Waals surface area contributed by atoms with Crippen LogP contribution in [0.2, 0.25) is 0 Å². The van der Waals surface area contributed by atoms with Crippen molar-refractivity contribution in [2.75, 3.05) is 13.2 Å². The number of hydrogen-bond acceptors (Lipinski definition) is 6. The Hall–Kier alpha value is -1.23. The maximum Gasteiger partial charge on any atom is 0.397 e. The number of alkyl halides is 3. The minimum Gasteiger partial charge on any atom is -0.393 e. The number of Topliss-reactive ketones (excluding diaryl/α,β-unsaturated/α-hetero) is 1. The molecule has 0 radical (unpaired) electrons. The van der Waals surface area contributed by atoms with Gasteiger partial charge in [0.25, 0.3) is 0 Å². The van der Waals surface area contributed by atoms with Gasteiger partial charge < -0.3 is 25.0 Å². The van der Waals surface area contributed by atoms with Crippen LogP contribution in [0.25, 0.3) is 0 Å². The van der Waals surface area contributed by atoms with Crippen molar-refractivity contribution in [3.8, 4) is 0 Å². The fourth-order valence-corrected chi connectivity index (χ4v) is 2.12. The number of carbonyl (C=O) groups excluding carboxylic acids is 2. The van der Waals surface area contributed by atoms with Crippen LogP contribution in [0, 0.1) is 0 Å². The molecule has 2 aliphatic heterocycles. The van der Waals surface area contributed by atoms with Crippen LogP contribution < -0.4 is 5.32 Å². The van der Waals surface area contributed by atoms with E-state index in [1.165, 1.54) is 0 Å². The molecule has 10 heteroatoms. The number of aliphatic hydroxyl groups is 2. The molecule has 2 heterocycles. The van der Waals surface area contributed by atoms with E-state index in [1.807, 2.05) is 5.32 Å². The SMILES string of the molecule is O=C(CC(F)(F)F)N[C@H]1[C@H]2OC[C@](CO)(O2)C(=O)[C@@H]1O. The molecule has 0 aromatic rings. The van der Waals surface area contributed by atoms with Crippen molar-refractivity contribution in [2.24, 2.45) is 0 Å². The van der Waals surface area contributed by atoms with Gasteiger partial charge in [-0.25, -0.2) is 0 Å². The van der Waals surface area contributed by atoms with Crippen LogP contribution in [0.4, 0.5) is 13.2 Å². The molecule has 2 bridgehead atoms. The van der Waals surface area contributed by atoms with E-state index in [2.05, 4.69) is 0 Å². The summed E-state index contributed by atoms with van der Waals surface area (Å²) in [5, 5.41) is 20.7. The first-order chi connectivity index (χ1) is 9.18. The number of carbonyl (C=O) groups is 2. The van der Waals surface area contributed by atoms with Crippen molar-refractivity contribution >= 4 is 11.7 Å². The van der Waals surface area contributed by atoms with Gasteiger partial charge in [-0.15, -0.1) is 0 Å². The zero-order valence-corrected chi connectivity index (χ0v) is 10.0. The quantitative estimate of drug-likeness (QED) is 0.584. The van der Waals surface area contributed by atoms with Gasteiger partial charge in [0.05, 0.1) is 13.2 Å². The summed E-state index contributed by atoms with van der Waals surface area (Å²) in [4.78, 5) is 23.0. The van der Waals surface area contributed by atoms with Gasteiger partial charge in [-0.2, -0.15) is 13.2 Å². The first-order valence-electron chi connectivity index (χ1n) is 5.67. The average Bonchev–Trinajstić information content (AvgIpc) is 2.73. The fourth-order valence-electron chi connectivity index (χ4n) is 2.12. The molecule has 1 amide bonds. The normalized spacial score (nSPS) is 37.0. The summed E-state index contributed by atoms with van der Waals surface area (Å²) in [6, 6.07) is -1.44. The molecule has 0 aromatic carbocycles. The fraction of sp³-hybridized carbons (Fsp3) is 0.800. The highest BCUT2D eigenvalue weighted by molar-refractivity contribution is 5.94. The van der Waals surface area contributed by atoms with Gasteiger partial charge in [-0.1, -0.05) is 0 Å². The molecule has 0 aliphatic carbocycles. The predicted molar refractivity (Wildman–Crippen MR) is 54.3 cm³/mol. The van der Waals surface area contributed by atoms with E-state index in [1.54, 1.807) is 0 Å². The van der Waals surface area contributed by atoms with Gasteiger partial charge in [-0.3, -0.25) is 9.59 Å². The molecular formula is C10H12F3NO6. The Morgan fingerprint density at radius 3 is 2.70 bits per heavy atom. The lowest BCUT2D eigenvalue weighted by atomic mass is 9.90. The Labute approximate surface area is 110 Å². The number of amides is 1. The summed E-state index contributed by atoms with van der Waals surface area (Å²) in [7, 11) is 0. The Kier molecular flexibility index (Phi) is 3.75. The van der Waals surface area contributed by atoms with Gasteiger partial charge >= 0.3 is 6.18 Å². The lowest BCUT2D eigenvalue weighted by molar-refractivity contribution is -0.191. The van der Waals surface area contributed by atoms with Gasteiger partial charge in [0.1, 0.15) is 18.6 Å². The van der Waals surface area contributed by atoms with Crippen molar-refractivity contribution in [3.63, 3.8) is 0 Å². The molecule has 4 atom stereocenters. The summed E-state index contributed by atoms with van der Waals surface area (Å²) in [5.41, 5.74) is -1.71. The monoisotopic (exact) mass is 299 g/mol. The molecule has 20 heavy (non-hydrogen) atoms. The molecule has 0 saturated carbocycles. The highest BCUT2D eigenvalue weighted by Gasteiger charge is 2.59. The summed E-state index contributed by atoms with van der Waals surface area (Å²) in [6.07, 6.45) is -9.55. The maximum atomic E-state index is 12.1. The molecule has 2 rings (SSSR count). The second kappa shape index (κ2) is 4.95. The number of fused-ring (bicyclic) bond motifs is 2. The largest absolute Gasteiger partial charge is 0.397 e. The van der Waals surface area contributed by atoms with E-state index >= 15 is 0 Å².